The molecule has 1 aromatic rings. The van der Waals surface area contributed by atoms with Gasteiger partial charge in [0.05, 0.1) is 4.90 Å². The molecule has 1 aromatic carbocycles. The monoisotopic (exact) mass is 281 g/mol. The van der Waals surface area contributed by atoms with Crippen molar-refractivity contribution in [3.05, 3.63) is 29.8 Å². The van der Waals surface area contributed by atoms with Crippen molar-refractivity contribution in [2.24, 2.45) is 5.41 Å². The molecule has 19 heavy (non-hydrogen) atoms. The molecule has 0 amide bonds. The molecule has 0 bridgehead atoms. The molecule has 0 aliphatic carbocycles. The number of hydrogen-bond donors (Lipinski definition) is 0. The zero-order valence-electron chi connectivity index (χ0n) is 12.3. The van der Waals surface area contributed by atoms with E-state index in [1.165, 1.54) is 0 Å². The molecule has 0 N–H and O–H groups in total. The summed E-state index contributed by atoms with van der Waals surface area (Å²) in [5.74, 6) is 0. The fraction of sp³-hybridized carbons (Fsp3) is 0.600. The molecule has 2 rings (SSSR count). The molecule has 0 aromatic heterocycles. The normalized spacial score (nSPS) is 27.3. The highest BCUT2D eigenvalue weighted by Gasteiger charge is 2.58. The summed E-state index contributed by atoms with van der Waals surface area (Å²) >= 11 is 0. The molecule has 1 aliphatic rings. The van der Waals surface area contributed by atoms with Crippen molar-refractivity contribution in [1.29, 1.82) is 0 Å². The summed E-state index contributed by atoms with van der Waals surface area (Å²) in [6, 6.07) is 7.37. The molecule has 1 aliphatic heterocycles. The van der Waals surface area contributed by atoms with Crippen LogP contribution in [-0.4, -0.2) is 24.8 Å². The average Bonchev–Trinajstić information content (AvgIpc) is 3.04. The summed E-state index contributed by atoms with van der Waals surface area (Å²) < 4.78 is 27.0. The molecule has 4 heteroatoms. The van der Waals surface area contributed by atoms with E-state index in [9.17, 15) is 8.42 Å². The highest BCUT2D eigenvalue weighted by Crippen LogP contribution is 2.47. The van der Waals surface area contributed by atoms with Crippen molar-refractivity contribution in [3.63, 3.8) is 0 Å². The standard InChI is InChI=1S/C15H23NO2S/c1-6-13-14(15(3,4)5)16(13)19(17,18)12-9-7-11(2)8-10-12/h7-10,13-14H,6H2,1-5H3. The number of sulfonamides is 1. The van der Waals surface area contributed by atoms with Crippen LogP contribution in [0.1, 0.15) is 39.7 Å². The molecule has 0 spiro atoms. The fourth-order valence-electron chi connectivity index (χ4n) is 2.78. The fourth-order valence-corrected chi connectivity index (χ4v) is 4.82. The van der Waals surface area contributed by atoms with Gasteiger partial charge in [0.2, 0.25) is 10.0 Å². The summed E-state index contributed by atoms with van der Waals surface area (Å²) in [5.41, 5.74) is 1.06. The van der Waals surface area contributed by atoms with Crippen LogP contribution in [0.3, 0.4) is 0 Å². The van der Waals surface area contributed by atoms with Gasteiger partial charge in [-0.15, -0.1) is 0 Å². The molecule has 1 fully saturated rings. The van der Waals surface area contributed by atoms with Gasteiger partial charge in [0.25, 0.3) is 0 Å². The molecule has 0 radical (unpaired) electrons. The van der Waals surface area contributed by atoms with E-state index in [0.717, 1.165) is 12.0 Å². The minimum Gasteiger partial charge on any atom is -0.207 e. The maximum atomic E-state index is 12.7. The lowest BCUT2D eigenvalue weighted by atomic mass is 9.89. The van der Waals surface area contributed by atoms with Gasteiger partial charge in [0.15, 0.2) is 0 Å². The van der Waals surface area contributed by atoms with Gasteiger partial charge < -0.3 is 0 Å². The smallest absolute Gasteiger partial charge is 0.207 e. The van der Waals surface area contributed by atoms with Gasteiger partial charge in [-0.3, -0.25) is 0 Å². The van der Waals surface area contributed by atoms with Crippen LogP contribution in [0.25, 0.3) is 0 Å². The number of aryl methyl sites for hydroxylation is 1. The molecule has 3 nitrogen and oxygen atoms in total. The first-order chi connectivity index (χ1) is 8.69. The Kier molecular flexibility index (Phi) is 3.52. The lowest BCUT2D eigenvalue weighted by Gasteiger charge is -2.18. The van der Waals surface area contributed by atoms with Crippen LogP contribution in [0, 0.1) is 12.3 Å². The Morgan fingerprint density at radius 1 is 1.16 bits per heavy atom. The first-order valence-electron chi connectivity index (χ1n) is 6.80. The minimum atomic E-state index is -3.34. The third-order valence-electron chi connectivity index (χ3n) is 3.78. The molecular weight excluding hydrogens is 258 g/mol. The highest BCUT2D eigenvalue weighted by atomic mass is 32.2. The number of hydrogen-bond acceptors (Lipinski definition) is 2. The van der Waals surface area contributed by atoms with E-state index in [-0.39, 0.29) is 17.5 Å². The molecule has 106 valence electrons. The predicted molar refractivity (Wildman–Crippen MR) is 77.5 cm³/mol. The first kappa shape index (κ1) is 14.5. The van der Waals surface area contributed by atoms with Crippen molar-refractivity contribution in [1.82, 2.24) is 4.31 Å². The van der Waals surface area contributed by atoms with Gasteiger partial charge in [0.1, 0.15) is 0 Å². The first-order valence-corrected chi connectivity index (χ1v) is 8.24. The number of nitrogens with zero attached hydrogens (tertiary/aromatic N) is 1. The van der Waals surface area contributed by atoms with Crippen LogP contribution < -0.4 is 0 Å². The quantitative estimate of drug-likeness (QED) is 0.798. The second-order valence-corrected chi connectivity index (χ2v) is 8.28. The third kappa shape index (κ3) is 2.56. The molecule has 3 atom stereocenters. The maximum absolute atomic E-state index is 12.7. The largest absolute Gasteiger partial charge is 0.243 e. The Labute approximate surface area is 116 Å². The van der Waals surface area contributed by atoms with Gasteiger partial charge >= 0.3 is 0 Å². The van der Waals surface area contributed by atoms with E-state index in [1.54, 1.807) is 16.4 Å². The van der Waals surface area contributed by atoms with Gasteiger partial charge in [-0.2, -0.15) is 4.31 Å². The molecule has 3 unspecified atom stereocenters. The summed E-state index contributed by atoms with van der Waals surface area (Å²) in [4.78, 5) is 0.406. The molecule has 1 heterocycles. The predicted octanol–water partition coefficient (Wildman–Crippen LogP) is 3.19. The Morgan fingerprint density at radius 3 is 2.05 bits per heavy atom. The van der Waals surface area contributed by atoms with Crippen LogP contribution in [-0.2, 0) is 10.0 Å². The summed E-state index contributed by atoms with van der Waals surface area (Å²) in [5, 5.41) is 0. The van der Waals surface area contributed by atoms with E-state index in [0.29, 0.717) is 4.90 Å². The van der Waals surface area contributed by atoms with Crippen LogP contribution in [0.15, 0.2) is 29.2 Å². The van der Waals surface area contributed by atoms with E-state index in [4.69, 9.17) is 0 Å². The summed E-state index contributed by atoms with van der Waals surface area (Å²) in [7, 11) is -3.34. The Balaban J connectivity index is 2.34. The van der Waals surface area contributed by atoms with Gasteiger partial charge in [0, 0.05) is 12.1 Å². The number of benzene rings is 1. The van der Waals surface area contributed by atoms with Crippen LogP contribution in [0.4, 0.5) is 0 Å². The van der Waals surface area contributed by atoms with E-state index in [2.05, 4.69) is 20.8 Å². The summed E-state index contributed by atoms with van der Waals surface area (Å²) in [6.45, 7) is 10.3. The van der Waals surface area contributed by atoms with Gasteiger partial charge in [-0.1, -0.05) is 45.4 Å². The van der Waals surface area contributed by atoms with Gasteiger partial charge in [-0.05, 0) is 30.9 Å². The second-order valence-electron chi connectivity index (χ2n) is 6.43. The summed E-state index contributed by atoms with van der Waals surface area (Å²) in [6.07, 6.45) is 0.868. The van der Waals surface area contributed by atoms with Crippen LogP contribution >= 0.6 is 0 Å². The Morgan fingerprint density at radius 2 is 1.68 bits per heavy atom. The van der Waals surface area contributed by atoms with Crippen LogP contribution in [0.2, 0.25) is 0 Å². The highest BCUT2D eigenvalue weighted by molar-refractivity contribution is 7.89. The zero-order valence-corrected chi connectivity index (χ0v) is 13.2. The van der Waals surface area contributed by atoms with E-state index in [1.807, 2.05) is 26.0 Å². The number of rotatable bonds is 3. The Hall–Kier alpha value is -0.870. The maximum Gasteiger partial charge on any atom is 0.243 e. The van der Waals surface area contributed by atoms with Crippen molar-refractivity contribution >= 4 is 10.0 Å². The lowest BCUT2D eigenvalue weighted by Crippen LogP contribution is -2.23. The van der Waals surface area contributed by atoms with Crippen LogP contribution in [0.5, 0.6) is 0 Å². The van der Waals surface area contributed by atoms with Crippen molar-refractivity contribution in [3.8, 4) is 0 Å². The topological polar surface area (TPSA) is 37.1 Å². The molecule has 1 saturated heterocycles. The third-order valence-corrected chi connectivity index (χ3v) is 5.70. The minimum absolute atomic E-state index is 0.0154. The molecular formula is C15H23NO2S. The lowest BCUT2D eigenvalue weighted by molar-refractivity contribution is 0.368. The van der Waals surface area contributed by atoms with Crippen molar-refractivity contribution in [2.45, 2.75) is 58.0 Å². The second kappa shape index (κ2) is 4.60. The molecule has 0 saturated carbocycles. The van der Waals surface area contributed by atoms with E-state index >= 15 is 0 Å². The average molecular weight is 281 g/mol. The van der Waals surface area contributed by atoms with E-state index < -0.39 is 10.0 Å². The van der Waals surface area contributed by atoms with Crippen molar-refractivity contribution < 1.29 is 8.42 Å². The zero-order chi connectivity index (χ0) is 14.4. The Bertz CT molecular complexity index is 555. The van der Waals surface area contributed by atoms with Crippen molar-refractivity contribution in [2.75, 3.05) is 0 Å². The SMILES string of the molecule is CCC1C(C(C)(C)C)N1S(=O)(=O)c1ccc(C)cc1. The van der Waals surface area contributed by atoms with Gasteiger partial charge in [-0.25, -0.2) is 8.42 Å².